The summed E-state index contributed by atoms with van der Waals surface area (Å²) in [5.74, 6) is -0.333. The van der Waals surface area contributed by atoms with Crippen LogP contribution in [0.4, 0.5) is 0 Å². The number of amides is 1. The molecule has 0 radical (unpaired) electrons. The highest BCUT2D eigenvalue weighted by Crippen LogP contribution is 2.22. The zero-order valence-electron chi connectivity index (χ0n) is 10.6. The number of benzene rings is 1. The molecule has 0 aliphatic rings. The van der Waals surface area contributed by atoms with Crippen LogP contribution in [-0.4, -0.2) is 28.6 Å². The van der Waals surface area contributed by atoms with E-state index in [0.29, 0.717) is 17.0 Å². The Morgan fingerprint density at radius 2 is 2.21 bits per heavy atom. The number of fused-ring (bicyclic) bond motifs is 1. The second-order valence-electron chi connectivity index (χ2n) is 4.28. The van der Waals surface area contributed by atoms with Crippen LogP contribution >= 0.6 is 11.6 Å². The number of nitrogens with zero attached hydrogens (tertiary/aromatic N) is 1. The highest BCUT2D eigenvalue weighted by molar-refractivity contribution is 6.35. The van der Waals surface area contributed by atoms with Gasteiger partial charge in [-0.2, -0.15) is 0 Å². The molecule has 1 unspecified atom stereocenters. The monoisotopic (exact) mass is 278 g/mol. The zero-order chi connectivity index (χ0) is 13.8. The molecule has 2 aromatic rings. The number of hydrogen-bond acceptors (Lipinski definition) is 3. The second kappa shape index (κ2) is 5.99. The molecular weight excluding hydrogens is 264 g/mol. The third-order valence-electron chi connectivity index (χ3n) is 2.87. The molecule has 2 rings (SSSR count). The number of aliphatic hydroxyl groups excluding tert-OH is 1. The van der Waals surface area contributed by atoms with Gasteiger partial charge in [0.1, 0.15) is 5.69 Å². The van der Waals surface area contributed by atoms with E-state index in [4.69, 9.17) is 11.6 Å². The lowest BCUT2D eigenvalue weighted by molar-refractivity contribution is 0.0909. The predicted octanol–water partition coefficient (Wildman–Crippen LogP) is 2.39. The molecule has 4 nitrogen and oxygen atoms in total. The van der Waals surface area contributed by atoms with Gasteiger partial charge in [-0.25, -0.2) is 4.98 Å². The number of carbonyl (C=O) groups is 1. The summed E-state index contributed by atoms with van der Waals surface area (Å²) in [6, 6.07) is 8.91. The number of pyridine rings is 1. The Morgan fingerprint density at radius 3 is 2.95 bits per heavy atom. The van der Waals surface area contributed by atoms with Crippen molar-refractivity contribution in [2.24, 2.45) is 0 Å². The maximum atomic E-state index is 11.9. The summed E-state index contributed by atoms with van der Waals surface area (Å²) in [7, 11) is 0. The minimum Gasteiger partial charge on any atom is -0.391 e. The molecule has 0 fully saturated rings. The van der Waals surface area contributed by atoms with E-state index in [1.165, 1.54) is 6.07 Å². The van der Waals surface area contributed by atoms with Gasteiger partial charge in [0.25, 0.3) is 5.91 Å². The molecule has 0 aliphatic carbocycles. The average molecular weight is 279 g/mol. The number of para-hydroxylation sites is 1. The molecule has 2 N–H and O–H groups in total. The molecule has 0 saturated carbocycles. The van der Waals surface area contributed by atoms with Gasteiger partial charge < -0.3 is 10.4 Å². The second-order valence-corrected chi connectivity index (χ2v) is 4.69. The Bertz CT molecular complexity index is 601. The van der Waals surface area contributed by atoms with E-state index in [1.807, 2.05) is 25.1 Å². The van der Waals surface area contributed by atoms with Gasteiger partial charge in [0, 0.05) is 11.9 Å². The molecule has 0 saturated heterocycles. The molecule has 1 amide bonds. The predicted molar refractivity (Wildman–Crippen MR) is 75.4 cm³/mol. The Kier molecular flexibility index (Phi) is 4.35. The van der Waals surface area contributed by atoms with Crippen LogP contribution in [0, 0.1) is 0 Å². The third kappa shape index (κ3) is 3.22. The van der Waals surface area contributed by atoms with Crippen molar-refractivity contribution in [2.75, 3.05) is 6.54 Å². The number of aromatic nitrogens is 1. The first-order valence-electron chi connectivity index (χ1n) is 6.13. The van der Waals surface area contributed by atoms with Crippen LogP contribution in [0.25, 0.3) is 10.9 Å². The quantitative estimate of drug-likeness (QED) is 0.903. The van der Waals surface area contributed by atoms with Crippen molar-refractivity contribution >= 4 is 28.4 Å². The molecule has 1 aromatic heterocycles. The van der Waals surface area contributed by atoms with Crippen LogP contribution in [0.3, 0.4) is 0 Å². The molecule has 19 heavy (non-hydrogen) atoms. The van der Waals surface area contributed by atoms with Crippen molar-refractivity contribution < 1.29 is 9.90 Å². The van der Waals surface area contributed by atoms with Crippen molar-refractivity contribution in [1.82, 2.24) is 10.3 Å². The third-order valence-corrected chi connectivity index (χ3v) is 3.18. The average Bonchev–Trinajstić information content (AvgIpc) is 2.44. The standard InChI is InChI=1S/C14H15ClN2O2/c1-2-9(18)8-16-14(19)13-7-11(15)10-5-3-4-6-12(10)17-13/h3-7,9,18H,2,8H2,1H3,(H,16,19). The van der Waals surface area contributed by atoms with Gasteiger partial charge in [-0.3, -0.25) is 4.79 Å². The SMILES string of the molecule is CCC(O)CNC(=O)c1cc(Cl)c2ccccc2n1. The maximum absolute atomic E-state index is 11.9. The van der Waals surface area contributed by atoms with Crippen LogP contribution in [-0.2, 0) is 0 Å². The number of aliphatic hydroxyl groups is 1. The fraction of sp³-hybridized carbons (Fsp3) is 0.286. The van der Waals surface area contributed by atoms with E-state index in [1.54, 1.807) is 6.07 Å². The summed E-state index contributed by atoms with van der Waals surface area (Å²) in [4.78, 5) is 16.2. The van der Waals surface area contributed by atoms with Crippen molar-refractivity contribution in [3.8, 4) is 0 Å². The number of halogens is 1. The summed E-state index contributed by atoms with van der Waals surface area (Å²) >= 11 is 6.13. The summed E-state index contributed by atoms with van der Waals surface area (Å²) in [5, 5.41) is 13.4. The molecule has 0 aliphatic heterocycles. The summed E-state index contributed by atoms with van der Waals surface area (Å²) < 4.78 is 0. The van der Waals surface area contributed by atoms with Crippen LogP contribution in [0.15, 0.2) is 30.3 Å². The molecule has 5 heteroatoms. The largest absolute Gasteiger partial charge is 0.391 e. The van der Waals surface area contributed by atoms with Crippen LogP contribution in [0.2, 0.25) is 5.02 Å². The van der Waals surface area contributed by atoms with Gasteiger partial charge in [-0.15, -0.1) is 0 Å². The van der Waals surface area contributed by atoms with Gasteiger partial charge in [-0.1, -0.05) is 36.7 Å². The smallest absolute Gasteiger partial charge is 0.270 e. The van der Waals surface area contributed by atoms with Crippen molar-refractivity contribution in [3.05, 3.63) is 41.0 Å². The maximum Gasteiger partial charge on any atom is 0.270 e. The number of carbonyl (C=O) groups excluding carboxylic acids is 1. The fourth-order valence-corrected chi connectivity index (χ4v) is 1.96. The topological polar surface area (TPSA) is 62.2 Å². The van der Waals surface area contributed by atoms with E-state index < -0.39 is 6.10 Å². The van der Waals surface area contributed by atoms with Gasteiger partial charge in [-0.05, 0) is 18.6 Å². The first-order valence-corrected chi connectivity index (χ1v) is 6.51. The Labute approximate surface area is 116 Å². The molecule has 0 spiro atoms. The fourth-order valence-electron chi connectivity index (χ4n) is 1.69. The first kappa shape index (κ1) is 13.8. The number of nitrogens with one attached hydrogen (secondary N) is 1. The van der Waals surface area contributed by atoms with Gasteiger partial charge in [0.2, 0.25) is 0 Å². The summed E-state index contributed by atoms with van der Waals surface area (Å²) in [6.07, 6.45) is 0.0477. The first-order chi connectivity index (χ1) is 9.11. The van der Waals surface area contributed by atoms with E-state index in [0.717, 1.165) is 5.39 Å². The Hall–Kier alpha value is -1.65. The van der Waals surface area contributed by atoms with Gasteiger partial charge >= 0.3 is 0 Å². The van der Waals surface area contributed by atoms with E-state index >= 15 is 0 Å². The zero-order valence-corrected chi connectivity index (χ0v) is 11.3. The number of hydrogen-bond donors (Lipinski definition) is 2. The Balaban J connectivity index is 2.23. The van der Waals surface area contributed by atoms with Crippen LogP contribution < -0.4 is 5.32 Å². The summed E-state index contributed by atoms with van der Waals surface area (Å²) in [6.45, 7) is 2.06. The molecule has 0 bridgehead atoms. The summed E-state index contributed by atoms with van der Waals surface area (Å²) in [5.41, 5.74) is 0.934. The van der Waals surface area contributed by atoms with Crippen LogP contribution in [0.1, 0.15) is 23.8 Å². The van der Waals surface area contributed by atoms with E-state index in [9.17, 15) is 9.90 Å². The normalized spacial score (nSPS) is 12.4. The minimum absolute atomic E-state index is 0.210. The highest BCUT2D eigenvalue weighted by atomic mass is 35.5. The van der Waals surface area contributed by atoms with Crippen molar-refractivity contribution in [2.45, 2.75) is 19.4 Å². The van der Waals surface area contributed by atoms with Crippen molar-refractivity contribution in [3.63, 3.8) is 0 Å². The Morgan fingerprint density at radius 1 is 1.47 bits per heavy atom. The molecule has 100 valence electrons. The molecule has 1 atom stereocenters. The van der Waals surface area contributed by atoms with Crippen LogP contribution in [0.5, 0.6) is 0 Å². The molecule has 1 aromatic carbocycles. The van der Waals surface area contributed by atoms with Gasteiger partial charge in [0.15, 0.2) is 0 Å². The lowest BCUT2D eigenvalue weighted by Gasteiger charge is -2.10. The minimum atomic E-state index is -0.542. The lowest BCUT2D eigenvalue weighted by Crippen LogP contribution is -2.32. The van der Waals surface area contributed by atoms with E-state index in [2.05, 4.69) is 10.3 Å². The lowest BCUT2D eigenvalue weighted by atomic mass is 10.2. The van der Waals surface area contributed by atoms with Gasteiger partial charge in [0.05, 0.1) is 16.6 Å². The van der Waals surface area contributed by atoms with Crippen molar-refractivity contribution in [1.29, 1.82) is 0 Å². The highest BCUT2D eigenvalue weighted by Gasteiger charge is 2.12. The molecular formula is C14H15ClN2O2. The van der Waals surface area contributed by atoms with E-state index in [-0.39, 0.29) is 18.1 Å². The molecule has 1 heterocycles. The number of rotatable bonds is 4.